The molecule has 4 heterocycles. The Bertz CT molecular complexity index is 1210. The number of aromatic nitrogens is 1. The highest BCUT2D eigenvalue weighted by atomic mass is 16.2. The number of benzene rings is 1. The maximum atomic E-state index is 13.7. The predicted octanol–water partition coefficient (Wildman–Crippen LogP) is 2.38. The van der Waals surface area contributed by atoms with E-state index in [4.69, 9.17) is 0 Å². The molecule has 3 aliphatic heterocycles. The molecule has 4 amide bonds. The first-order chi connectivity index (χ1) is 17.2. The number of carbonyl (C=O) groups excluding carboxylic acids is 3. The molecule has 0 bridgehead atoms. The van der Waals surface area contributed by atoms with Crippen molar-refractivity contribution in [3.05, 3.63) is 52.7 Å². The summed E-state index contributed by atoms with van der Waals surface area (Å²) in [5, 5.41) is 2.92. The van der Waals surface area contributed by atoms with E-state index < -0.39 is 0 Å². The number of piperazine rings is 1. The summed E-state index contributed by atoms with van der Waals surface area (Å²) in [5.41, 5.74) is 4.21. The molecule has 190 valence electrons. The maximum Gasteiger partial charge on any atom is 0.324 e. The fourth-order valence-corrected chi connectivity index (χ4v) is 5.58. The summed E-state index contributed by atoms with van der Waals surface area (Å²) in [6, 6.07) is 7.56. The third-order valence-electron chi connectivity index (χ3n) is 7.62. The molecule has 0 spiro atoms. The third kappa shape index (κ3) is 4.27. The Hall–Kier alpha value is -3.62. The molecular weight excluding hydrogens is 456 g/mol. The van der Waals surface area contributed by atoms with Crippen LogP contribution < -0.4 is 15.1 Å². The zero-order chi connectivity index (χ0) is 25.6. The van der Waals surface area contributed by atoms with E-state index in [0.717, 1.165) is 22.5 Å². The van der Waals surface area contributed by atoms with E-state index in [0.29, 0.717) is 57.1 Å². The van der Waals surface area contributed by atoms with Crippen LogP contribution in [0.1, 0.15) is 39.9 Å². The Balaban J connectivity index is 1.40. The number of hydrogen-bond acceptors (Lipinski definition) is 5. The van der Waals surface area contributed by atoms with Crippen molar-refractivity contribution in [1.82, 2.24) is 20.1 Å². The molecule has 3 aliphatic rings. The Morgan fingerprint density at radius 2 is 1.78 bits per heavy atom. The zero-order valence-electron chi connectivity index (χ0n) is 21.5. The van der Waals surface area contributed by atoms with Crippen molar-refractivity contribution in [3.63, 3.8) is 0 Å². The molecule has 3 fully saturated rings. The minimum Gasteiger partial charge on any atom is -0.355 e. The van der Waals surface area contributed by atoms with E-state index in [1.54, 1.807) is 22.9 Å². The molecule has 9 heteroatoms. The molecule has 3 saturated heterocycles. The fraction of sp³-hybridized carbons (Fsp3) is 0.481. The van der Waals surface area contributed by atoms with Gasteiger partial charge in [0.1, 0.15) is 5.82 Å². The van der Waals surface area contributed by atoms with Crippen molar-refractivity contribution in [2.75, 3.05) is 62.7 Å². The third-order valence-corrected chi connectivity index (χ3v) is 7.62. The molecular formula is C27H34N6O3. The van der Waals surface area contributed by atoms with Crippen LogP contribution in [0.25, 0.3) is 0 Å². The highest BCUT2D eigenvalue weighted by Crippen LogP contribution is 2.34. The first-order valence-corrected chi connectivity index (χ1v) is 12.7. The standard InChI is InChI=1S/C27H34N6O3/c1-17-13-18(2)24(28-15-17)31-8-10-32(11-9-31)26(35)21-6-5-20(23-19(3)16-29-25(23)34)14-22(21)33-12-7-30(4)27(33)36/h5-6,13-15,19,23H,7-12,16H2,1-4H3,(H,29,34)/t19?,23-/m1/s1. The summed E-state index contributed by atoms with van der Waals surface area (Å²) in [5.74, 6) is 0.741. The van der Waals surface area contributed by atoms with Crippen LogP contribution in [-0.2, 0) is 4.79 Å². The Morgan fingerprint density at radius 1 is 1.03 bits per heavy atom. The van der Waals surface area contributed by atoms with E-state index in [1.807, 2.05) is 37.1 Å². The first kappa shape index (κ1) is 24.1. The average Bonchev–Trinajstić information content (AvgIpc) is 3.38. The number of rotatable bonds is 4. The van der Waals surface area contributed by atoms with Crippen LogP contribution in [0, 0.1) is 19.8 Å². The van der Waals surface area contributed by atoms with Crippen LogP contribution in [0.2, 0.25) is 0 Å². The highest BCUT2D eigenvalue weighted by molar-refractivity contribution is 6.05. The van der Waals surface area contributed by atoms with Crippen LogP contribution in [0.15, 0.2) is 30.5 Å². The quantitative estimate of drug-likeness (QED) is 0.711. The maximum absolute atomic E-state index is 13.7. The lowest BCUT2D eigenvalue weighted by Crippen LogP contribution is -2.49. The predicted molar refractivity (Wildman–Crippen MR) is 139 cm³/mol. The molecule has 0 aliphatic carbocycles. The number of hydrogen-bond donors (Lipinski definition) is 1. The zero-order valence-corrected chi connectivity index (χ0v) is 21.5. The van der Waals surface area contributed by atoms with E-state index in [1.165, 1.54) is 0 Å². The van der Waals surface area contributed by atoms with Gasteiger partial charge in [-0.05, 0) is 48.6 Å². The minimum atomic E-state index is -0.280. The minimum absolute atomic E-state index is 0.00600. The normalized spacial score (nSPS) is 22.4. The number of amides is 4. The van der Waals surface area contributed by atoms with Gasteiger partial charge in [-0.2, -0.15) is 0 Å². The highest BCUT2D eigenvalue weighted by Gasteiger charge is 2.36. The lowest BCUT2D eigenvalue weighted by Gasteiger charge is -2.36. The first-order valence-electron chi connectivity index (χ1n) is 12.7. The fourth-order valence-electron chi connectivity index (χ4n) is 5.58. The topological polar surface area (TPSA) is 89.1 Å². The summed E-state index contributed by atoms with van der Waals surface area (Å²) >= 11 is 0. The van der Waals surface area contributed by atoms with Gasteiger partial charge < -0.3 is 20.0 Å². The molecule has 0 saturated carbocycles. The Kier molecular flexibility index (Phi) is 6.32. The van der Waals surface area contributed by atoms with Crippen molar-refractivity contribution in [3.8, 4) is 0 Å². The van der Waals surface area contributed by atoms with E-state index in [2.05, 4.69) is 28.2 Å². The molecule has 1 aromatic heterocycles. The smallest absolute Gasteiger partial charge is 0.324 e. The van der Waals surface area contributed by atoms with Crippen molar-refractivity contribution in [2.45, 2.75) is 26.7 Å². The lowest BCUT2D eigenvalue weighted by molar-refractivity contribution is -0.120. The molecule has 2 atom stereocenters. The van der Waals surface area contributed by atoms with Crippen LogP contribution in [0.3, 0.4) is 0 Å². The monoisotopic (exact) mass is 490 g/mol. The number of pyridine rings is 1. The van der Waals surface area contributed by atoms with Gasteiger partial charge in [-0.15, -0.1) is 0 Å². The van der Waals surface area contributed by atoms with Crippen molar-refractivity contribution in [2.24, 2.45) is 5.92 Å². The molecule has 36 heavy (non-hydrogen) atoms. The van der Waals surface area contributed by atoms with Gasteiger partial charge in [-0.25, -0.2) is 9.78 Å². The Labute approximate surface area is 212 Å². The summed E-state index contributed by atoms with van der Waals surface area (Å²) in [7, 11) is 1.76. The molecule has 1 N–H and O–H groups in total. The molecule has 1 unspecified atom stereocenters. The second-order valence-electron chi connectivity index (χ2n) is 10.3. The molecule has 2 aromatic rings. The van der Waals surface area contributed by atoms with Crippen LogP contribution in [-0.4, -0.2) is 85.5 Å². The van der Waals surface area contributed by atoms with Gasteiger partial charge in [0.2, 0.25) is 5.91 Å². The second-order valence-corrected chi connectivity index (χ2v) is 10.3. The van der Waals surface area contributed by atoms with Crippen LogP contribution in [0.4, 0.5) is 16.3 Å². The number of likely N-dealkylation sites (N-methyl/N-ethyl adjacent to an activating group) is 1. The van der Waals surface area contributed by atoms with Crippen molar-refractivity contribution in [1.29, 1.82) is 0 Å². The number of nitrogens with zero attached hydrogens (tertiary/aromatic N) is 5. The van der Waals surface area contributed by atoms with Gasteiger partial charge in [0.25, 0.3) is 5.91 Å². The van der Waals surface area contributed by atoms with Crippen LogP contribution >= 0.6 is 0 Å². The van der Waals surface area contributed by atoms with E-state index in [9.17, 15) is 14.4 Å². The van der Waals surface area contributed by atoms with Gasteiger partial charge in [0, 0.05) is 59.1 Å². The van der Waals surface area contributed by atoms with E-state index >= 15 is 0 Å². The summed E-state index contributed by atoms with van der Waals surface area (Å²) < 4.78 is 0. The van der Waals surface area contributed by atoms with Gasteiger partial charge in [-0.1, -0.05) is 19.1 Å². The van der Waals surface area contributed by atoms with Gasteiger partial charge in [0.05, 0.1) is 17.2 Å². The summed E-state index contributed by atoms with van der Waals surface area (Å²) in [4.78, 5) is 51.2. The molecule has 0 radical (unpaired) electrons. The largest absolute Gasteiger partial charge is 0.355 e. The second kappa shape index (κ2) is 9.44. The SMILES string of the molecule is Cc1cnc(N2CCN(C(=O)c3ccc([C@@H]4C(=O)NCC4C)cc3N3CCN(C)C3=O)CC2)c(C)c1. The number of anilines is 2. The summed E-state index contributed by atoms with van der Waals surface area (Å²) in [6.45, 7) is 10.4. The lowest BCUT2D eigenvalue weighted by atomic mass is 9.88. The van der Waals surface area contributed by atoms with Crippen LogP contribution in [0.5, 0.6) is 0 Å². The van der Waals surface area contributed by atoms with Crippen molar-refractivity contribution < 1.29 is 14.4 Å². The molecule has 9 nitrogen and oxygen atoms in total. The van der Waals surface area contributed by atoms with Crippen molar-refractivity contribution >= 4 is 29.4 Å². The number of aryl methyl sites for hydroxylation is 2. The number of urea groups is 1. The molecule has 1 aromatic carbocycles. The molecule has 5 rings (SSSR count). The van der Waals surface area contributed by atoms with E-state index in [-0.39, 0.29) is 29.7 Å². The number of carbonyl (C=O) groups is 3. The van der Waals surface area contributed by atoms with Gasteiger partial charge in [0.15, 0.2) is 0 Å². The number of nitrogens with one attached hydrogen (secondary N) is 1. The van der Waals surface area contributed by atoms with Gasteiger partial charge in [-0.3, -0.25) is 14.5 Å². The summed E-state index contributed by atoms with van der Waals surface area (Å²) in [6.07, 6.45) is 1.88. The Morgan fingerprint density at radius 3 is 2.39 bits per heavy atom. The average molecular weight is 491 g/mol. The van der Waals surface area contributed by atoms with Gasteiger partial charge >= 0.3 is 6.03 Å².